The van der Waals surface area contributed by atoms with E-state index >= 15 is 0 Å². The second-order valence-electron chi connectivity index (χ2n) is 5.71. The van der Waals surface area contributed by atoms with Crippen LogP contribution in [0, 0.1) is 0 Å². The second kappa shape index (κ2) is 10.5. The lowest BCUT2D eigenvalue weighted by molar-refractivity contribution is -0.114. The van der Waals surface area contributed by atoms with E-state index in [1.165, 1.54) is 24.4 Å². The molecule has 0 bridgehead atoms. The number of carbonyl (C=O) groups is 2. The fourth-order valence-corrected chi connectivity index (χ4v) is 2.99. The summed E-state index contributed by atoms with van der Waals surface area (Å²) >= 11 is 1.25. The number of amides is 2. The van der Waals surface area contributed by atoms with Crippen LogP contribution in [0.25, 0.3) is 0 Å². The Hall–Kier alpha value is -2.67. The lowest BCUT2D eigenvalue weighted by Crippen LogP contribution is -2.18. The normalized spacial score (nSPS) is 10.2. The van der Waals surface area contributed by atoms with Crippen LogP contribution in [0.15, 0.2) is 42.5 Å². The Morgan fingerprint density at radius 2 is 1.41 bits per heavy atom. The molecular formula is C20H24N2O4S. The SMILES string of the molecule is CCc1ccc(NC(=O)CSCC(=O)Nc2ccc(OC)c(OC)c2)cc1. The number of thioether (sulfide) groups is 1. The van der Waals surface area contributed by atoms with Crippen LogP contribution < -0.4 is 20.1 Å². The molecule has 0 aliphatic rings. The summed E-state index contributed by atoms with van der Waals surface area (Å²) in [6.07, 6.45) is 0.958. The van der Waals surface area contributed by atoms with Crippen molar-refractivity contribution >= 4 is 35.0 Å². The quantitative estimate of drug-likeness (QED) is 0.687. The molecule has 0 unspecified atom stereocenters. The summed E-state index contributed by atoms with van der Waals surface area (Å²) in [4.78, 5) is 24.0. The minimum absolute atomic E-state index is 0.136. The molecule has 2 N–H and O–H groups in total. The van der Waals surface area contributed by atoms with E-state index < -0.39 is 0 Å². The van der Waals surface area contributed by atoms with E-state index in [1.807, 2.05) is 24.3 Å². The van der Waals surface area contributed by atoms with Crippen molar-refractivity contribution in [3.63, 3.8) is 0 Å². The maximum absolute atomic E-state index is 12.0. The molecule has 0 aliphatic carbocycles. The van der Waals surface area contributed by atoms with Crippen molar-refractivity contribution in [3.05, 3.63) is 48.0 Å². The van der Waals surface area contributed by atoms with Crippen molar-refractivity contribution < 1.29 is 19.1 Å². The molecule has 27 heavy (non-hydrogen) atoms. The third-order valence-corrected chi connectivity index (χ3v) is 4.71. The van der Waals surface area contributed by atoms with Gasteiger partial charge >= 0.3 is 0 Å². The van der Waals surface area contributed by atoms with Gasteiger partial charge in [-0.1, -0.05) is 19.1 Å². The molecule has 0 aliphatic heterocycles. The van der Waals surface area contributed by atoms with Crippen LogP contribution in [0.4, 0.5) is 11.4 Å². The molecule has 0 spiro atoms. The Balaban J connectivity index is 1.75. The minimum atomic E-state index is -0.188. The lowest BCUT2D eigenvalue weighted by atomic mass is 10.1. The molecule has 2 amide bonds. The number of hydrogen-bond acceptors (Lipinski definition) is 5. The summed E-state index contributed by atoms with van der Waals surface area (Å²) < 4.78 is 10.4. The molecule has 2 aromatic carbocycles. The summed E-state index contributed by atoms with van der Waals surface area (Å²) in [6, 6.07) is 12.9. The van der Waals surface area contributed by atoms with Crippen LogP contribution in [0.3, 0.4) is 0 Å². The lowest BCUT2D eigenvalue weighted by Gasteiger charge is -2.10. The van der Waals surface area contributed by atoms with Gasteiger partial charge in [0.05, 0.1) is 25.7 Å². The van der Waals surface area contributed by atoms with Crippen LogP contribution in [0.2, 0.25) is 0 Å². The highest BCUT2D eigenvalue weighted by molar-refractivity contribution is 8.00. The number of nitrogens with one attached hydrogen (secondary N) is 2. The third kappa shape index (κ3) is 6.53. The standard InChI is InChI=1S/C20H24N2O4S/c1-4-14-5-7-15(8-6-14)21-19(23)12-27-13-20(24)22-16-9-10-17(25-2)18(11-16)26-3/h5-11H,4,12-13H2,1-3H3,(H,21,23)(H,22,24). The van der Waals surface area contributed by atoms with Crippen LogP contribution >= 0.6 is 11.8 Å². The van der Waals surface area contributed by atoms with Crippen molar-refractivity contribution in [2.24, 2.45) is 0 Å². The maximum atomic E-state index is 12.0. The van der Waals surface area contributed by atoms with Gasteiger partial charge in [-0.3, -0.25) is 9.59 Å². The zero-order valence-electron chi connectivity index (χ0n) is 15.7. The Morgan fingerprint density at radius 3 is 1.96 bits per heavy atom. The predicted molar refractivity (Wildman–Crippen MR) is 110 cm³/mol. The molecule has 2 rings (SSSR count). The van der Waals surface area contributed by atoms with E-state index in [0.29, 0.717) is 17.2 Å². The maximum Gasteiger partial charge on any atom is 0.234 e. The molecule has 0 saturated carbocycles. The summed E-state index contributed by atoms with van der Waals surface area (Å²) in [5.41, 5.74) is 2.58. The highest BCUT2D eigenvalue weighted by atomic mass is 32.2. The monoisotopic (exact) mass is 388 g/mol. The van der Waals surface area contributed by atoms with Crippen LogP contribution in [0.1, 0.15) is 12.5 Å². The van der Waals surface area contributed by atoms with Gasteiger partial charge in [-0.05, 0) is 36.2 Å². The molecule has 6 nitrogen and oxygen atoms in total. The van der Waals surface area contributed by atoms with Crippen molar-refractivity contribution in [1.29, 1.82) is 0 Å². The van der Waals surface area contributed by atoms with Gasteiger partial charge in [0.1, 0.15) is 0 Å². The number of hydrogen-bond donors (Lipinski definition) is 2. The van der Waals surface area contributed by atoms with Crippen LogP contribution in [-0.2, 0) is 16.0 Å². The Labute approximate surface area is 163 Å². The Kier molecular flexibility index (Phi) is 8.00. The number of carbonyl (C=O) groups excluding carboxylic acids is 2. The first kappa shape index (κ1) is 20.6. The number of methoxy groups -OCH3 is 2. The van der Waals surface area contributed by atoms with Crippen LogP contribution in [-0.4, -0.2) is 37.5 Å². The van der Waals surface area contributed by atoms with Gasteiger partial charge in [-0.25, -0.2) is 0 Å². The van der Waals surface area contributed by atoms with Crippen molar-refractivity contribution in [3.8, 4) is 11.5 Å². The summed E-state index contributed by atoms with van der Waals surface area (Å²) in [5.74, 6) is 1.19. The topological polar surface area (TPSA) is 76.7 Å². The number of ether oxygens (including phenoxy) is 2. The molecule has 0 radical (unpaired) electrons. The molecule has 144 valence electrons. The minimum Gasteiger partial charge on any atom is -0.493 e. The fourth-order valence-electron chi connectivity index (χ4n) is 2.37. The molecule has 0 heterocycles. The summed E-state index contributed by atoms with van der Waals surface area (Å²) in [6.45, 7) is 2.08. The van der Waals surface area contributed by atoms with Crippen molar-refractivity contribution in [1.82, 2.24) is 0 Å². The number of benzene rings is 2. The average molecular weight is 388 g/mol. The van der Waals surface area contributed by atoms with Gasteiger partial charge in [0.2, 0.25) is 11.8 Å². The van der Waals surface area contributed by atoms with Crippen molar-refractivity contribution in [2.45, 2.75) is 13.3 Å². The van der Waals surface area contributed by atoms with Crippen LogP contribution in [0.5, 0.6) is 11.5 Å². The number of rotatable bonds is 9. The van der Waals surface area contributed by atoms with Crippen molar-refractivity contribution in [2.75, 3.05) is 36.4 Å². The molecule has 0 saturated heterocycles. The molecule has 7 heteroatoms. The average Bonchev–Trinajstić information content (AvgIpc) is 2.68. The van der Waals surface area contributed by atoms with Gasteiger partial charge in [0.15, 0.2) is 11.5 Å². The highest BCUT2D eigenvalue weighted by Gasteiger charge is 2.09. The van der Waals surface area contributed by atoms with E-state index in [4.69, 9.17) is 9.47 Å². The molecular weight excluding hydrogens is 364 g/mol. The van der Waals surface area contributed by atoms with E-state index in [9.17, 15) is 9.59 Å². The van der Waals surface area contributed by atoms with E-state index in [0.717, 1.165) is 12.1 Å². The number of aryl methyl sites for hydroxylation is 1. The van der Waals surface area contributed by atoms with Gasteiger partial charge in [0.25, 0.3) is 0 Å². The molecule has 0 aromatic heterocycles. The fraction of sp³-hybridized carbons (Fsp3) is 0.300. The second-order valence-corrected chi connectivity index (χ2v) is 6.69. The van der Waals surface area contributed by atoms with Gasteiger partial charge in [-0.2, -0.15) is 0 Å². The first-order valence-corrected chi connectivity index (χ1v) is 9.69. The number of anilines is 2. The smallest absolute Gasteiger partial charge is 0.234 e. The Bertz CT molecular complexity index is 778. The third-order valence-electron chi connectivity index (χ3n) is 3.78. The zero-order valence-corrected chi connectivity index (χ0v) is 16.5. The van der Waals surface area contributed by atoms with E-state index in [-0.39, 0.29) is 23.3 Å². The molecule has 0 atom stereocenters. The molecule has 0 fully saturated rings. The van der Waals surface area contributed by atoms with Gasteiger partial charge < -0.3 is 20.1 Å². The zero-order chi connectivity index (χ0) is 19.6. The first-order chi connectivity index (χ1) is 13.0. The van der Waals surface area contributed by atoms with E-state index in [2.05, 4.69) is 17.6 Å². The highest BCUT2D eigenvalue weighted by Crippen LogP contribution is 2.29. The summed E-state index contributed by atoms with van der Waals surface area (Å²) in [5, 5.41) is 5.60. The van der Waals surface area contributed by atoms with Gasteiger partial charge in [-0.15, -0.1) is 11.8 Å². The first-order valence-electron chi connectivity index (χ1n) is 8.54. The van der Waals surface area contributed by atoms with Gasteiger partial charge in [0, 0.05) is 17.4 Å². The molecule has 2 aromatic rings. The largest absolute Gasteiger partial charge is 0.493 e. The predicted octanol–water partition coefficient (Wildman–Crippen LogP) is 3.58. The van der Waals surface area contributed by atoms with E-state index in [1.54, 1.807) is 25.3 Å². The Morgan fingerprint density at radius 1 is 0.852 bits per heavy atom. The summed E-state index contributed by atoms with van der Waals surface area (Å²) in [7, 11) is 3.09.